The number of nitrogens with zero attached hydrogens (tertiary/aromatic N) is 1. The fraction of sp³-hybridized carbons (Fsp3) is 0.600. The van der Waals surface area contributed by atoms with E-state index in [1.165, 1.54) is 6.42 Å². The third-order valence-corrected chi connectivity index (χ3v) is 2.84. The molecule has 4 nitrogen and oxygen atoms in total. The number of unbranched alkanes of at least 4 members (excludes halogenated alkanes) is 1. The Bertz CT molecular complexity index is 373. The Morgan fingerprint density at radius 2 is 2.11 bits per heavy atom. The van der Waals surface area contributed by atoms with E-state index in [9.17, 15) is 4.79 Å². The summed E-state index contributed by atoms with van der Waals surface area (Å²) in [6.45, 7) is 7.28. The largest absolute Gasteiger partial charge is 0.370 e. The molecular formula is C15H25N3O. The van der Waals surface area contributed by atoms with Gasteiger partial charge in [0.2, 0.25) is 5.91 Å². The predicted octanol–water partition coefficient (Wildman–Crippen LogP) is 3.67. The Morgan fingerprint density at radius 3 is 2.68 bits per heavy atom. The summed E-state index contributed by atoms with van der Waals surface area (Å²) in [5.41, 5.74) is 0.760. The molecule has 106 valence electrons. The van der Waals surface area contributed by atoms with Crippen molar-refractivity contribution < 1.29 is 4.79 Å². The first kappa shape index (κ1) is 15.5. The third kappa shape index (κ3) is 6.79. The molecule has 0 aliphatic heterocycles. The van der Waals surface area contributed by atoms with Gasteiger partial charge in [-0.3, -0.25) is 4.79 Å². The minimum atomic E-state index is 0.0711. The number of amides is 1. The zero-order chi connectivity index (χ0) is 14.1. The number of rotatable bonds is 8. The van der Waals surface area contributed by atoms with E-state index >= 15 is 0 Å². The molecule has 0 radical (unpaired) electrons. The van der Waals surface area contributed by atoms with Crippen molar-refractivity contribution in [2.45, 2.75) is 46.5 Å². The summed E-state index contributed by atoms with van der Waals surface area (Å²) in [5.74, 6) is 1.62. The SMILES string of the molecule is CCNc1ccc(NC(=O)CCCCC(C)C)cn1. The Hall–Kier alpha value is -1.58. The topological polar surface area (TPSA) is 54.0 Å². The molecule has 0 fully saturated rings. The first-order valence-electron chi connectivity index (χ1n) is 7.11. The predicted molar refractivity (Wildman–Crippen MR) is 80.3 cm³/mol. The molecule has 1 heterocycles. The monoisotopic (exact) mass is 263 g/mol. The fourth-order valence-electron chi connectivity index (χ4n) is 1.82. The van der Waals surface area contributed by atoms with Gasteiger partial charge in [-0.25, -0.2) is 4.98 Å². The van der Waals surface area contributed by atoms with Crippen LogP contribution in [0.5, 0.6) is 0 Å². The Kier molecular flexibility index (Phi) is 6.93. The molecule has 0 spiro atoms. The van der Waals surface area contributed by atoms with Gasteiger partial charge in [0.25, 0.3) is 0 Å². The second kappa shape index (κ2) is 8.51. The maximum Gasteiger partial charge on any atom is 0.224 e. The van der Waals surface area contributed by atoms with Crippen molar-refractivity contribution in [2.24, 2.45) is 5.92 Å². The third-order valence-electron chi connectivity index (χ3n) is 2.84. The van der Waals surface area contributed by atoms with Crippen molar-refractivity contribution in [3.8, 4) is 0 Å². The molecule has 19 heavy (non-hydrogen) atoms. The average Bonchev–Trinajstić information content (AvgIpc) is 2.37. The summed E-state index contributed by atoms with van der Waals surface area (Å²) in [6.07, 6.45) is 5.52. The lowest BCUT2D eigenvalue weighted by atomic mass is 10.1. The highest BCUT2D eigenvalue weighted by Gasteiger charge is 2.03. The van der Waals surface area contributed by atoms with Crippen molar-refractivity contribution in [3.05, 3.63) is 18.3 Å². The van der Waals surface area contributed by atoms with E-state index in [4.69, 9.17) is 0 Å². The Balaban J connectivity index is 2.27. The maximum atomic E-state index is 11.7. The molecule has 0 bridgehead atoms. The summed E-state index contributed by atoms with van der Waals surface area (Å²) in [4.78, 5) is 15.9. The van der Waals surface area contributed by atoms with E-state index in [2.05, 4.69) is 29.5 Å². The van der Waals surface area contributed by atoms with Crippen LogP contribution in [0.4, 0.5) is 11.5 Å². The normalized spacial score (nSPS) is 10.5. The van der Waals surface area contributed by atoms with Crippen LogP contribution in [-0.4, -0.2) is 17.4 Å². The van der Waals surface area contributed by atoms with Crippen molar-refractivity contribution in [2.75, 3.05) is 17.2 Å². The van der Waals surface area contributed by atoms with E-state index in [-0.39, 0.29) is 5.91 Å². The molecule has 1 aromatic heterocycles. The molecule has 1 aromatic rings. The van der Waals surface area contributed by atoms with Crippen molar-refractivity contribution in [1.29, 1.82) is 0 Å². The Labute approximate surface area is 116 Å². The van der Waals surface area contributed by atoms with Gasteiger partial charge in [-0.05, 0) is 31.4 Å². The van der Waals surface area contributed by atoms with Crippen molar-refractivity contribution in [3.63, 3.8) is 0 Å². The molecule has 2 N–H and O–H groups in total. The lowest BCUT2D eigenvalue weighted by Crippen LogP contribution is -2.11. The molecule has 4 heteroatoms. The second-order valence-corrected chi connectivity index (χ2v) is 5.15. The summed E-state index contributed by atoms with van der Waals surface area (Å²) in [5, 5.41) is 5.99. The van der Waals surface area contributed by atoms with Crippen LogP contribution in [0.3, 0.4) is 0 Å². The highest BCUT2D eigenvalue weighted by atomic mass is 16.1. The van der Waals surface area contributed by atoms with Crippen LogP contribution in [0.2, 0.25) is 0 Å². The number of pyridine rings is 1. The van der Waals surface area contributed by atoms with Crippen LogP contribution >= 0.6 is 0 Å². The minimum absolute atomic E-state index is 0.0711. The first-order valence-corrected chi connectivity index (χ1v) is 7.11. The second-order valence-electron chi connectivity index (χ2n) is 5.15. The van der Waals surface area contributed by atoms with Gasteiger partial charge >= 0.3 is 0 Å². The van der Waals surface area contributed by atoms with E-state index in [1.807, 2.05) is 19.1 Å². The van der Waals surface area contributed by atoms with Crippen LogP contribution < -0.4 is 10.6 Å². The standard InChI is InChI=1S/C15H25N3O/c1-4-16-14-10-9-13(11-17-14)18-15(19)8-6-5-7-12(2)3/h9-12H,4-8H2,1-3H3,(H,16,17)(H,18,19). The highest BCUT2D eigenvalue weighted by Crippen LogP contribution is 2.12. The lowest BCUT2D eigenvalue weighted by Gasteiger charge is -2.07. The van der Waals surface area contributed by atoms with Crippen LogP contribution in [0, 0.1) is 5.92 Å². The molecule has 0 aliphatic rings. The quantitative estimate of drug-likeness (QED) is 0.704. The van der Waals surface area contributed by atoms with E-state index in [1.54, 1.807) is 6.20 Å². The van der Waals surface area contributed by atoms with Crippen LogP contribution in [0.25, 0.3) is 0 Å². The lowest BCUT2D eigenvalue weighted by molar-refractivity contribution is -0.116. The van der Waals surface area contributed by atoms with Gasteiger partial charge in [-0.1, -0.05) is 26.7 Å². The number of nitrogens with one attached hydrogen (secondary N) is 2. The summed E-state index contributed by atoms with van der Waals surface area (Å²) >= 11 is 0. The number of anilines is 2. The molecule has 0 unspecified atom stereocenters. The average molecular weight is 263 g/mol. The number of aromatic nitrogens is 1. The summed E-state index contributed by atoms with van der Waals surface area (Å²) < 4.78 is 0. The number of carbonyl (C=O) groups excluding carboxylic acids is 1. The molecular weight excluding hydrogens is 238 g/mol. The van der Waals surface area contributed by atoms with Gasteiger partial charge in [-0.15, -0.1) is 0 Å². The minimum Gasteiger partial charge on any atom is -0.370 e. The van der Waals surface area contributed by atoms with Gasteiger partial charge in [0.1, 0.15) is 5.82 Å². The van der Waals surface area contributed by atoms with E-state index in [0.717, 1.165) is 30.9 Å². The molecule has 0 aliphatic carbocycles. The number of carbonyl (C=O) groups is 1. The molecule has 0 atom stereocenters. The molecule has 0 saturated carbocycles. The Morgan fingerprint density at radius 1 is 1.32 bits per heavy atom. The van der Waals surface area contributed by atoms with Gasteiger partial charge < -0.3 is 10.6 Å². The van der Waals surface area contributed by atoms with Crippen LogP contribution in [0.1, 0.15) is 46.5 Å². The summed E-state index contributed by atoms with van der Waals surface area (Å²) in [6, 6.07) is 3.74. The van der Waals surface area contributed by atoms with Gasteiger partial charge in [0, 0.05) is 13.0 Å². The zero-order valence-electron chi connectivity index (χ0n) is 12.2. The zero-order valence-corrected chi connectivity index (χ0v) is 12.2. The molecule has 0 aromatic carbocycles. The molecule has 1 rings (SSSR count). The van der Waals surface area contributed by atoms with Crippen LogP contribution in [-0.2, 0) is 4.79 Å². The maximum absolute atomic E-state index is 11.7. The van der Waals surface area contributed by atoms with E-state index < -0.39 is 0 Å². The van der Waals surface area contributed by atoms with Crippen molar-refractivity contribution in [1.82, 2.24) is 4.98 Å². The van der Waals surface area contributed by atoms with Crippen molar-refractivity contribution >= 4 is 17.4 Å². The summed E-state index contributed by atoms with van der Waals surface area (Å²) in [7, 11) is 0. The first-order chi connectivity index (χ1) is 9.11. The molecule has 1 amide bonds. The number of hydrogen-bond acceptors (Lipinski definition) is 3. The number of hydrogen-bond donors (Lipinski definition) is 2. The molecule has 0 saturated heterocycles. The van der Waals surface area contributed by atoms with Gasteiger partial charge in [0.15, 0.2) is 0 Å². The van der Waals surface area contributed by atoms with Crippen LogP contribution in [0.15, 0.2) is 18.3 Å². The van der Waals surface area contributed by atoms with Gasteiger partial charge in [0.05, 0.1) is 11.9 Å². The van der Waals surface area contributed by atoms with E-state index in [0.29, 0.717) is 12.3 Å². The highest BCUT2D eigenvalue weighted by molar-refractivity contribution is 5.90. The fourth-order valence-corrected chi connectivity index (χ4v) is 1.82. The van der Waals surface area contributed by atoms with Gasteiger partial charge in [-0.2, -0.15) is 0 Å². The smallest absolute Gasteiger partial charge is 0.224 e.